The maximum atomic E-state index is 12.4. The molecule has 0 spiro atoms. The maximum absolute atomic E-state index is 12.4. The summed E-state index contributed by atoms with van der Waals surface area (Å²) in [6.07, 6.45) is 4.08. The Bertz CT molecular complexity index is 611. The zero-order valence-electron chi connectivity index (χ0n) is 12.4. The highest BCUT2D eigenvalue weighted by atomic mass is 32.1. The maximum Gasteiger partial charge on any atom is 0.227 e. The van der Waals surface area contributed by atoms with Crippen LogP contribution in [0.15, 0.2) is 21.3 Å². The Labute approximate surface area is 133 Å². The molecule has 2 aromatic heterocycles. The van der Waals surface area contributed by atoms with Crippen LogP contribution in [0.1, 0.15) is 31.6 Å². The minimum absolute atomic E-state index is 0.130. The highest BCUT2D eigenvalue weighted by molar-refractivity contribution is 7.08. The van der Waals surface area contributed by atoms with Gasteiger partial charge in [-0.3, -0.25) is 4.79 Å². The van der Waals surface area contributed by atoms with Crippen LogP contribution >= 0.6 is 11.3 Å². The van der Waals surface area contributed by atoms with Gasteiger partial charge in [0.1, 0.15) is 0 Å². The van der Waals surface area contributed by atoms with Gasteiger partial charge in [-0.2, -0.15) is 16.3 Å². The van der Waals surface area contributed by atoms with E-state index >= 15 is 0 Å². The molecule has 0 aromatic carbocycles. The van der Waals surface area contributed by atoms with Crippen molar-refractivity contribution in [2.24, 2.45) is 5.73 Å². The third-order valence-corrected chi connectivity index (χ3v) is 4.70. The first-order chi connectivity index (χ1) is 10.8. The second-order valence-electron chi connectivity index (χ2n) is 5.50. The van der Waals surface area contributed by atoms with Gasteiger partial charge in [-0.15, -0.1) is 0 Å². The first-order valence-corrected chi connectivity index (χ1v) is 8.57. The molecular formula is C15H20N4O2S. The zero-order valence-corrected chi connectivity index (χ0v) is 13.2. The van der Waals surface area contributed by atoms with Gasteiger partial charge in [-0.05, 0) is 30.7 Å². The smallest absolute Gasteiger partial charge is 0.227 e. The van der Waals surface area contributed by atoms with Crippen LogP contribution in [0, 0.1) is 0 Å². The molecule has 0 aliphatic carbocycles. The normalized spacial score (nSPS) is 18.6. The molecular weight excluding hydrogens is 300 g/mol. The Balaban J connectivity index is 1.57. The predicted octanol–water partition coefficient (Wildman–Crippen LogP) is 2.07. The van der Waals surface area contributed by atoms with Crippen molar-refractivity contribution in [3.63, 3.8) is 0 Å². The Morgan fingerprint density at radius 3 is 3.18 bits per heavy atom. The van der Waals surface area contributed by atoms with Gasteiger partial charge in [0, 0.05) is 42.9 Å². The minimum atomic E-state index is 0.130. The molecule has 6 nitrogen and oxygen atoms in total. The number of aromatic nitrogens is 2. The average Bonchev–Trinajstić information content (AvgIpc) is 3.23. The first kappa shape index (κ1) is 15.2. The van der Waals surface area contributed by atoms with E-state index in [1.54, 1.807) is 11.3 Å². The molecule has 3 heterocycles. The van der Waals surface area contributed by atoms with Gasteiger partial charge in [-0.1, -0.05) is 5.16 Å². The summed E-state index contributed by atoms with van der Waals surface area (Å²) in [4.78, 5) is 18.6. The van der Waals surface area contributed by atoms with E-state index in [9.17, 15) is 4.79 Å². The lowest BCUT2D eigenvalue weighted by Gasteiger charge is -2.35. The second-order valence-corrected chi connectivity index (χ2v) is 6.28. The SMILES string of the molecule is NCC1CCCCN1C(=O)CCc1nc(-c2ccsc2)no1. The van der Waals surface area contributed by atoms with Crippen LogP contribution in [0.25, 0.3) is 11.4 Å². The lowest BCUT2D eigenvalue weighted by atomic mass is 10.0. The molecule has 2 N–H and O–H groups in total. The molecule has 1 aliphatic heterocycles. The number of nitrogens with two attached hydrogens (primary N) is 1. The van der Waals surface area contributed by atoms with E-state index in [0.29, 0.717) is 31.1 Å². The molecule has 1 saturated heterocycles. The molecule has 3 rings (SSSR count). The van der Waals surface area contributed by atoms with Gasteiger partial charge in [0.2, 0.25) is 17.6 Å². The fourth-order valence-corrected chi connectivity index (χ4v) is 3.43. The Morgan fingerprint density at radius 1 is 1.50 bits per heavy atom. The van der Waals surface area contributed by atoms with Crippen molar-refractivity contribution in [3.05, 3.63) is 22.7 Å². The highest BCUT2D eigenvalue weighted by Crippen LogP contribution is 2.20. The molecule has 1 aliphatic rings. The van der Waals surface area contributed by atoms with E-state index in [1.807, 2.05) is 21.7 Å². The lowest BCUT2D eigenvalue weighted by Crippen LogP contribution is -2.47. The van der Waals surface area contributed by atoms with Crippen LogP contribution in [0.2, 0.25) is 0 Å². The Kier molecular flexibility index (Phi) is 4.84. The van der Waals surface area contributed by atoms with Crippen molar-refractivity contribution < 1.29 is 9.32 Å². The van der Waals surface area contributed by atoms with Crippen LogP contribution in [0.5, 0.6) is 0 Å². The second kappa shape index (κ2) is 7.02. The van der Waals surface area contributed by atoms with Crippen LogP contribution in [0.3, 0.4) is 0 Å². The van der Waals surface area contributed by atoms with Gasteiger partial charge in [0.15, 0.2) is 0 Å². The molecule has 0 saturated carbocycles. The van der Waals surface area contributed by atoms with Gasteiger partial charge < -0.3 is 15.2 Å². The summed E-state index contributed by atoms with van der Waals surface area (Å²) in [6, 6.07) is 2.13. The fourth-order valence-electron chi connectivity index (χ4n) is 2.80. The minimum Gasteiger partial charge on any atom is -0.339 e. The van der Waals surface area contributed by atoms with Gasteiger partial charge in [0.25, 0.3) is 0 Å². The summed E-state index contributed by atoms with van der Waals surface area (Å²) in [5, 5.41) is 7.90. The number of hydrogen-bond acceptors (Lipinski definition) is 6. The summed E-state index contributed by atoms with van der Waals surface area (Å²) in [5.41, 5.74) is 6.71. The standard InChI is InChI=1S/C15H20N4O2S/c16-9-12-3-1-2-7-19(12)14(20)5-4-13-17-15(18-21-13)11-6-8-22-10-11/h6,8,10,12H,1-5,7,9,16H2. The third kappa shape index (κ3) is 3.36. The quantitative estimate of drug-likeness (QED) is 0.911. The van der Waals surface area contributed by atoms with Crippen LogP contribution in [-0.4, -0.2) is 40.1 Å². The summed E-state index contributed by atoms with van der Waals surface area (Å²) >= 11 is 1.59. The summed E-state index contributed by atoms with van der Waals surface area (Å²) in [5.74, 6) is 1.22. The largest absolute Gasteiger partial charge is 0.339 e. The number of nitrogens with zero attached hydrogens (tertiary/aromatic N) is 3. The van der Waals surface area contributed by atoms with Crippen molar-refractivity contribution in [1.82, 2.24) is 15.0 Å². The topological polar surface area (TPSA) is 85.2 Å². The molecule has 1 fully saturated rings. The molecule has 0 radical (unpaired) electrons. The molecule has 2 aromatic rings. The van der Waals surface area contributed by atoms with Crippen LogP contribution in [0.4, 0.5) is 0 Å². The van der Waals surface area contributed by atoms with E-state index in [0.717, 1.165) is 31.4 Å². The number of likely N-dealkylation sites (tertiary alicyclic amines) is 1. The highest BCUT2D eigenvalue weighted by Gasteiger charge is 2.25. The Morgan fingerprint density at radius 2 is 2.41 bits per heavy atom. The first-order valence-electron chi connectivity index (χ1n) is 7.62. The molecule has 22 heavy (non-hydrogen) atoms. The average molecular weight is 320 g/mol. The van der Waals surface area contributed by atoms with Crippen molar-refractivity contribution in [1.29, 1.82) is 0 Å². The molecule has 1 atom stereocenters. The number of carbonyl (C=O) groups excluding carboxylic acids is 1. The predicted molar refractivity (Wildman–Crippen MR) is 84.3 cm³/mol. The summed E-state index contributed by atoms with van der Waals surface area (Å²) < 4.78 is 5.23. The number of amides is 1. The van der Waals surface area contributed by atoms with E-state index in [2.05, 4.69) is 10.1 Å². The van der Waals surface area contributed by atoms with Crippen LogP contribution < -0.4 is 5.73 Å². The van der Waals surface area contributed by atoms with E-state index in [-0.39, 0.29) is 11.9 Å². The third-order valence-electron chi connectivity index (χ3n) is 4.02. The van der Waals surface area contributed by atoms with Crippen molar-refractivity contribution in [2.75, 3.05) is 13.1 Å². The Hall–Kier alpha value is -1.73. The molecule has 118 valence electrons. The number of hydrogen-bond donors (Lipinski definition) is 1. The van der Waals surface area contributed by atoms with Gasteiger partial charge in [-0.25, -0.2) is 0 Å². The monoisotopic (exact) mass is 320 g/mol. The number of piperidine rings is 1. The number of thiophene rings is 1. The van der Waals surface area contributed by atoms with E-state index in [4.69, 9.17) is 10.3 Å². The van der Waals surface area contributed by atoms with E-state index in [1.165, 1.54) is 0 Å². The van der Waals surface area contributed by atoms with Gasteiger partial charge >= 0.3 is 0 Å². The lowest BCUT2D eigenvalue weighted by molar-refractivity contribution is -0.134. The number of aryl methyl sites for hydroxylation is 1. The van der Waals surface area contributed by atoms with Crippen molar-refractivity contribution >= 4 is 17.2 Å². The van der Waals surface area contributed by atoms with Gasteiger partial charge in [0.05, 0.1) is 0 Å². The number of rotatable bonds is 5. The fraction of sp³-hybridized carbons (Fsp3) is 0.533. The molecule has 0 bridgehead atoms. The summed E-state index contributed by atoms with van der Waals surface area (Å²) in [7, 11) is 0. The van der Waals surface area contributed by atoms with E-state index < -0.39 is 0 Å². The molecule has 1 unspecified atom stereocenters. The number of carbonyl (C=O) groups is 1. The summed E-state index contributed by atoms with van der Waals surface area (Å²) in [6.45, 7) is 1.35. The van der Waals surface area contributed by atoms with Crippen molar-refractivity contribution in [2.45, 2.75) is 38.1 Å². The molecule has 7 heteroatoms. The van der Waals surface area contributed by atoms with Crippen LogP contribution in [-0.2, 0) is 11.2 Å². The molecule has 1 amide bonds. The zero-order chi connectivity index (χ0) is 15.4. The van der Waals surface area contributed by atoms with Crippen molar-refractivity contribution in [3.8, 4) is 11.4 Å².